The van der Waals surface area contributed by atoms with Crippen LogP contribution in [0, 0.1) is 6.92 Å². The van der Waals surface area contributed by atoms with Crippen molar-refractivity contribution in [3.8, 4) is 0 Å². The maximum Gasteiger partial charge on any atom is 0.249 e. The number of aryl methyl sites for hydroxylation is 1. The van der Waals surface area contributed by atoms with E-state index in [0.717, 1.165) is 24.1 Å². The van der Waals surface area contributed by atoms with Crippen molar-refractivity contribution in [2.75, 3.05) is 0 Å². The number of carbonyl (C=O) groups is 1. The second-order valence-electron chi connectivity index (χ2n) is 4.26. The number of aromatic nitrogens is 1. The molecule has 3 nitrogen and oxygen atoms in total. The van der Waals surface area contributed by atoms with Crippen LogP contribution in [0.4, 0.5) is 0 Å². The smallest absolute Gasteiger partial charge is 0.249 e. The summed E-state index contributed by atoms with van der Waals surface area (Å²) in [5.74, 6) is 0.156. The minimum absolute atomic E-state index is 0.331. The molecule has 1 aromatic heterocycles. The van der Waals surface area contributed by atoms with E-state index in [-0.39, 0.29) is 5.91 Å². The molecule has 0 atom stereocenters. The molecule has 2 N–H and O–H groups in total. The fraction of sp³-hybridized carbons (Fsp3) is 0.500. The molecule has 1 fully saturated rings. The third-order valence-electron chi connectivity index (χ3n) is 3.13. The number of rotatable bonds is 2. The summed E-state index contributed by atoms with van der Waals surface area (Å²) in [7, 11) is 0. The van der Waals surface area contributed by atoms with Gasteiger partial charge < -0.3 is 5.73 Å². The van der Waals surface area contributed by atoms with Crippen LogP contribution < -0.4 is 5.73 Å². The highest BCUT2D eigenvalue weighted by molar-refractivity contribution is 5.94. The molecule has 1 amide bonds. The monoisotopic (exact) mass is 204 g/mol. The van der Waals surface area contributed by atoms with Crippen LogP contribution in [0.2, 0.25) is 0 Å². The van der Waals surface area contributed by atoms with Gasteiger partial charge in [0.05, 0.1) is 0 Å². The highest BCUT2D eigenvalue weighted by atomic mass is 16.1. The van der Waals surface area contributed by atoms with Gasteiger partial charge in [0.15, 0.2) is 0 Å². The average Bonchev–Trinajstić information content (AvgIpc) is 2.70. The standard InChI is InChI=1S/C12H16N2O/c1-8-6-10(12(13)15)11(7-14-8)9-4-2-3-5-9/h6-7,9H,2-5H2,1H3,(H2,13,15). The molecular weight excluding hydrogens is 188 g/mol. The van der Waals surface area contributed by atoms with Crippen molar-refractivity contribution >= 4 is 5.91 Å². The highest BCUT2D eigenvalue weighted by Gasteiger charge is 2.22. The topological polar surface area (TPSA) is 56.0 Å². The van der Waals surface area contributed by atoms with Gasteiger partial charge in [0.1, 0.15) is 0 Å². The van der Waals surface area contributed by atoms with E-state index in [1.807, 2.05) is 13.1 Å². The Bertz CT molecular complexity index is 381. The van der Waals surface area contributed by atoms with E-state index in [4.69, 9.17) is 5.73 Å². The van der Waals surface area contributed by atoms with Crippen LogP contribution in [-0.4, -0.2) is 10.9 Å². The number of primary amides is 1. The largest absolute Gasteiger partial charge is 0.366 e. The molecule has 1 aliphatic carbocycles. The third-order valence-corrected chi connectivity index (χ3v) is 3.13. The van der Waals surface area contributed by atoms with E-state index in [0.29, 0.717) is 11.5 Å². The summed E-state index contributed by atoms with van der Waals surface area (Å²) in [5, 5.41) is 0. The van der Waals surface area contributed by atoms with Crippen molar-refractivity contribution in [1.29, 1.82) is 0 Å². The van der Waals surface area contributed by atoms with Crippen LogP contribution in [0.1, 0.15) is 53.2 Å². The summed E-state index contributed by atoms with van der Waals surface area (Å²) in [6.45, 7) is 1.88. The first kappa shape index (κ1) is 10.1. The van der Waals surface area contributed by atoms with Gasteiger partial charge in [-0.3, -0.25) is 9.78 Å². The van der Waals surface area contributed by atoms with Gasteiger partial charge in [-0.2, -0.15) is 0 Å². The maximum absolute atomic E-state index is 11.3. The lowest BCUT2D eigenvalue weighted by Crippen LogP contribution is -2.15. The molecule has 3 heteroatoms. The van der Waals surface area contributed by atoms with Gasteiger partial charge >= 0.3 is 0 Å². The number of nitrogens with zero attached hydrogens (tertiary/aromatic N) is 1. The van der Waals surface area contributed by atoms with Crippen molar-refractivity contribution in [3.05, 3.63) is 29.1 Å². The third kappa shape index (κ3) is 2.01. The van der Waals surface area contributed by atoms with Crippen LogP contribution >= 0.6 is 0 Å². The van der Waals surface area contributed by atoms with Gasteiger partial charge in [0.25, 0.3) is 0 Å². The maximum atomic E-state index is 11.3. The molecule has 0 saturated heterocycles. The van der Waals surface area contributed by atoms with E-state index < -0.39 is 0 Å². The molecule has 0 aromatic carbocycles. The summed E-state index contributed by atoms with van der Waals surface area (Å²) in [6.07, 6.45) is 6.63. The lowest BCUT2D eigenvalue weighted by molar-refractivity contribution is 0.0998. The Balaban J connectivity index is 2.40. The minimum Gasteiger partial charge on any atom is -0.366 e. The second kappa shape index (κ2) is 4.01. The molecule has 0 bridgehead atoms. The Morgan fingerprint density at radius 3 is 2.73 bits per heavy atom. The van der Waals surface area contributed by atoms with Crippen LogP contribution in [0.15, 0.2) is 12.3 Å². The zero-order chi connectivity index (χ0) is 10.8. The number of nitrogens with two attached hydrogens (primary N) is 1. The molecular formula is C12H16N2O. The van der Waals surface area contributed by atoms with Gasteiger partial charge in [0.2, 0.25) is 5.91 Å². The van der Waals surface area contributed by atoms with Crippen LogP contribution in [-0.2, 0) is 0 Å². The quantitative estimate of drug-likeness (QED) is 0.802. The van der Waals surface area contributed by atoms with E-state index in [2.05, 4.69) is 4.98 Å². The van der Waals surface area contributed by atoms with Crippen molar-refractivity contribution in [3.63, 3.8) is 0 Å². The lowest BCUT2D eigenvalue weighted by Gasteiger charge is -2.13. The molecule has 2 rings (SSSR count). The normalized spacial score (nSPS) is 16.9. The Kier molecular flexibility index (Phi) is 2.71. The molecule has 0 unspecified atom stereocenters. The molecule has 0 spiro atoms. The van der Waals surface area contributed by atoms with Gasteiger partial charge in [-0.15, -0.1) is 0 Å². The molecule has 1 aliphatic rings. The predicted molar refractivity (Wildman–Crippen MR) is 58.7 cm³/mol. The Labute approximate surface area is 89.7 Å². The summed E-state index contributed by atoms with van der Waals surface area (Å²) in [5.41, 5.74) is 7.95. The fourth-order valence-corrected chi connectivity index (χ4v) is 2.35. The number of carbonyl (C=O) groups excluding carboxylic acids is 1. The molecule has 15 heavy (non-hydrogen) atoms. The first-order chi connectivity index (χ1) is 7.18. The summed E-state index contributed by atoms with van der Waals surface area (Å²) in [6, 6.07) is 1.80. The minimum atomic E-state index is -0.331. The number of hydrogen-bond acceptors (Lipinski definition) is 2. The Morgan fingerprint density at radius 1 is 1.47 bits per heavy atom. The number of amides is 1. The van der Waals surface area contributed by atoms with Crippen LogP contribution in [0.3, 0.4) is 0 Å². The molecule has 1 heterocycles. The average molecular weight is 204 g/mol. The van der Waals surface area contributed by atoms with Crippen molar-refractivity contribution in [1.82, 2.24) is 4.98 Å². The van der Waals surface area contributed by atoms with Gasteiger partial charge in [-0.25, -0.2) is 0 Å². The van der Waals surface area contributed by atoms with Gasteiger partial charge in [0, 0.05) is 17.5 Å². The van der Waals surface area contributed by atoms with Crippen molar-refractivity contribution < 1.29 is 4.79 Å². The van der Waals surface area contributed by atoms with E-state index >= 15 is 0 Å². The summed E-state index contributed by atoms with van der Waals surface area (Å²) < 4.78 is 0. The predicted octanol–water partition coefficient (Wildman–Crippen LogP) is 2.15. The fourth-order valence-electron chi connectivity index (χ4n) is 2.35. The zero-order valence-electron chi connectivity index (χ0n) is 8.99. The van der Waals surface area contributed by atoms with Gasteiger partial charge in [-0.1, -0.05) is 12.8 Å². The SMILES string of the molecule is Cc1cc(C(N)=O)c(C2CCCC2)cn1. The molecule has 80 valence electrons. The zero-order valence-corrected chi connectivity index (χ0v) is 8.99. The lowest BCUT2D eigenvalue weighted by atomic mass is 9.94. The molecule has 1 saturated carbocycles. The first-order valence-electron chi connectivity index (χ1n) is 5.45. The van der Waals surface area contributed by atoms with Gasteiger partial charge in [-0.05, 0) is 37.3 Å². The summed E-state index contributed by atoms with van der Waals surface area (Å²) >= 11 is 0. The van der Waals surface area contributed by atoms with Crippen molar-refractivity contribution in [2.45, 2.75) is 38.5 Å². The Hall–Kier alpha value is -1.38. The Morgan fingerprint density at radius 2 is 2.13 bits per heavy atom. The summed E-state index contributed by atoms with van der Waals surface area (Å²) in [4.78, 5) is 15.6. The highest BCUT2D eigenvalue weighted by Crippen LogP contribution is 2.35. The molecule has 0 radical (unpaired) electrons. The van der Waals surface area contributed by atoms with E-state index in [1.54, 1.807) is 6.07 Å². The van der Waals surface area contributed by atoms with E-state index in [1.165, 1.54) is 12.8 Å². The second-order valence-corrected chi connectivity index (χ2v) is 4.26. The molecule has 1 aromatic rings. The van der Waals surface area contributed by atoms with Crippen LogP contribution in [0.25, 0.3) is 0 Å². The molecule has 0 aliphatic heterocycles. The van der Waals surface area contributed by atoms with Crippen LogP contribution in [0.5, 0.6) is 0 Å². The number of hydrogen-bond donors (Lipinski definition) is 1. The first-order valence-corrected chi connectivity index (χ1v) is 5.45. The van der Waals surface area contributed by atoms with E-state index in [9.17, 15) is 4.79 Å². The van der Waals surface area contributed by atoms with Crippen molar-refractivity contribution in [2.24, 2.45) is 5.73 Å². The number of pyridine rings is 1.